The molecule has 0 spiro atoms. The number of hydrogen-bond acceptors (Lipinski definition) is 4. The van der Waals surface area contributed by atoms with E-state index in [4.69, 9.17) is 4.42 Å². The van der Waals surface area contributed by atoms with Crippen LogP contribution in [0.2, 0.25) is 0 Å². The molecule has 0 radical (unpaired) electrons. The third-order valence-electron chi connectivity index (χ3n) is 4.29. The summed E-state index contributed by atoms with van der Waals surface area (Å²) in [5.41, 5.74) is 4.10. The van der Waals surface area contributed by atoms with E-state index in [2.05, 4.69) is 29.3 Å². The van der Waals surface area contributed by atoms with Gasteiger partial charge in [0.2, 0.25) is 5.91 Å². The minimum Gasteiger partial charge on any atom is -0.423 e. The number of aryl methyl sites for hydroxylation is 1. The van der Waals surface area contributed by atoms with E-state index in [9.17, 15) is 9.59 Å². The summed E-state index contributed by atoms with van der Waals surface area (Å²) in [5.74, 6) is -0.166. The van der Waals surface area contributed by atoms with Crippen LogP contribution in [0.5, 0.6) is 0 Å². The van der Waals surface area contributed by atoms with Gasteiger partial charge in [-0.25, -0.2) is 4.79 Å². The second-order valence-electron chi connectivity index (χ2n) is 6.58. The highest BCUT2D eigenvalue weighted by Crippen LogP contribution is 2.23. The summed E-state index contributed by atoms with van der Waals surface area (Å²) in [5, 5.41) is 3.57. The van der Waals surface area contributed by atoms with E-state index in [1.807, 2.05) is 31.3 Å². The van der Waals surface area contributed by atoms with Gasteiger partial charge in [-0.1, -0.05) is 24.3 Å². The van der Waals surface area contributed by atoms with Crippen LogP contribution in [-0.4, -0.2) is 17.9 Å². The molecule has 1 heterocycles. The molecule has 0 unspecified atom stereocenters. The Morgan fingerprint density at radius 1 is 1.08 bits per heavy atom. The number of hydrogen-bond donors (Lipinski definition) is 1. The van der Waals surface area contributed by atoms with Crippen molar-refractivity contribution in [2.24, 2.45) is 0 Å². The molecule has 3 aromatic rings. The summed E-state index contributed by atoms with van der Waals surface area (Å²) in [6.07, 6.45) is 0. The average molecular weight is 350 g/mol. The molecule has 1 N–H and O–H groups in total. The fourth-order valence-corrected chi connectivity index (χ4v) is 3.07. The molecule has 0 saturated carbocycles. The molecule has 0 bridgehead atoms. The van der Waals surface area contributed by atoms with E-state index in [0.717, 1.165) is 17.5 Å². The highest BCUT2D eigenvalue weighted by molar-refractivity contribution is 5.92. The summed E-state index contributed by atoms with van der Waals surface area (Å²) >= 11 is 0. The van der Waals surface area contributed by atoms with Crippen LogP contribution < -0.4 is 10.9 Å². The number of amides is 1. The fraction of sp³-hybridized carbons (Fsp3) is 0.238. The SMILES string of the molecule is CC(=O)Nc1ccc2c(CN(C)Cc3ccccc3C)cc(=O)oc2c1. The van der Waals surface area contributed by atoms with Crippen molar-refractivity contribution in [1.29, 1.82) is 0 Å². The van der Waals surface area contributed by atoms with Gasteiger partial charge in [0.1, 0.15) is 5.58 Å². The minimum atomic E-state index is -0.392. The van der Waals surface area contributed by atoms with E-state index in [1.165, 1.54) is 24.1 Å². The van der Waals surface area contributed by atoms with Gasteiger partial charge in [-0.15, -0.1) is 0 Å². The maximum atomic E-state index is 12.0. The van der Waals surface area contributed by atoms with Gasteiger partial charge in [0.05, 0.1) is 0 Å². The number of nitrogens with zero attached hydrogens (tertiary/aromatic N) is 1. The lowest BCUT2D eigenvalue weighted by Crippen LogP contribution is -2.19. The van der Waals surface area contributed by atoms with Crippen LogP contribution in [0, 0.1) is 6.92 Å². The van der Waals surface area contributed by atoms with Crippen molar-refractivity contribution in [1.82, 2.24) is 4.90 Å². The fourth-order valence-electron chi connectivity index (χ4n) is 3.07. The Kier molecular flexibility index (Phi) is 5.19. The van der Waals surface area contributed by atoms with E-state index in [-0.39, 0.29) is 5.91 Å². The first-order valence-electron chi connectivity index (χ1n) is 8.50. The van der Waals surface area contributed by atoms with Crippen LogP contribution in [0.3, 0.4) is 0 Å². The molecule has 0 atom stereocenters. The summed E-state index contributed by atoms with van der Waals surface area (Å²) in [6, 6.07) is 15.2. The Hall–Kier alpha value is -2.92. The average Bonchev–Trinajstić information content (AvgIpc) is 2.56. The van der Waals surface area contributed by atoms with E-state index in [1.54, 1.807) is 6.07 Å². The predicted octanol–water partition coefficient (Wildman–Crippen LogP) is 3.69. The number of nitrogens with one attached hydrogen (secondary N) is 1. The molecule has 26 heavy (non-hydrogen) atoms. The molecule has 5 heteroatoms. The van der Waals surface area contributed by atoms with Crippen molar-refractivity contribution in [3.05, 3.63) is 75.6 Å². The van der Waals surface area contributed by atoms with Gasteiger partial charge in [0.25, 0.3) is 0 Å². The first kappa shape index (κ1) is 17.9. The zero-order valence-electron chi connectivity index (χ0n) is 15.2. The third-order valence-corrected chi connectivity index (χ3v) is 4.29. The topological polar surface area (TPSA) is 62.6 Å². The Labute approximate surface area is 152 Å². The van der Waals surface area contributed by atoms with Crippen LogP contribution in [-0.2, 0) is 17.9 Å². The van der Waals surface area contributed by atoms with Crippen molar-refractivity contribution in [2.45, 2.75) is 26.9 Å². The molecular formula is C21H22N2O3. The lowest BCUT2D eigenvalue weighted by Gasteiger charge is -2.19. The lowest BCUT2D eigenvalue weighted by molar-refractivity contribution is -0.114. The van der Waals surface area contributed by atoms with Gasteiger partial charge in [-0.3, -0.25) is 9.69 Å². The molecule has 0 fully saturated rings. The van der Waals surface area contributed by atoms with Gasteiger partial charge >= 0.3 is 5.63 Å². The molecule has 0 saturated heterocycles. The lowest BCUT2D eigenvalue weighted by atomic mass is 10.1. The molecule has 1 aromatic heterocycles. The maximum absolute atomic E-state index is 12.0. The third kappa shape index (κ3) is 4.18. The summed E-state index contributed by atoms with van der Waals surface area (Å²) in [6.45, 7) is 4.95. The number of carbonyl (C=O) groups excluding carboxylic acids is 1. The molecular weight excluding hydrogens is 328 g/mol. The van der Waals surface area contributed by atoms with E-state index in [0.29, 0.717) is 17.8 Å². The maximum Gasteiger partial charge on any atom is 0.336 e. The number of anilines is 1. The smallest absolute Gasteiger partial charge is 0.336 e. The summed E-state index contributed by atoms with van der Waals surface area (Å²) < 4.78 is 5.32. The quantitative estimate of drug-likeness (QED) is 0.713. The Morgan fingerprint density at radius 2 is 1.81 bits per heavy atom. The molecule has 134 valence electrons. The monoisotopic (exact) mass is 350 g/mol. The molecule has 0 aliphatic rings. The van der Waals surface area contributed by atoms with Crippen LogP contribution in [0.15, 0.2) is 57.7 Å². The second-order valence-corrected chi connectivity index (χ2v) is 6.58. The zero-order valence-corrected chi connectivity index (χ0v) is 15.2. The Balaban J connectivity index is 1.88. The van der Waals surface area contributed by atoms with Gasteiger partial charge in [-0.05, 0) is 42.8 Å². The van der Waals surface area contributed by atoms with Crippen LogP contribution in [0.1, 0.15) is 23.6 Å². The highest BCUT2D eigenvalue weighted by atomic mass is 16.4. The standard InChI is InChI=1S/C21H22N2O3/c1-14-6-4-5-7-16(14)12-23(3)13-17-10-21(25)26-20-11-18(22-15(2)24)8-9-19(17)20/h4-11H,12-13H2,1-3H3,(H,22,24). The second kappa shape index (κ2) is 7.54. The van der Waals surface area contributed by atoms with E-state index < -0.39 is 5.63 Å². The number of rotatable bonds is 5. The van der Waals surface area contributed by atoms with Gasteiger partial charge in [-0.2, -0.15) is 0 Å². The highest BCUT2D eigenvalue weighted by Gasteiger charge is 2.10. The number of benzene rings is 2. The first-order chi connectivity index (χ1) is 12.4. The van der Waals surface area contributed by atoms with Crippen molar-refractivity contribution in [2.75, 3.05) is 12.4 Å². The van der Waals surface area contributed by atoms with E-state index >= 15 is 0 Å². The minimum absolute atomic E-state index is 0.166. The first-order valence-corrected chi connectivity index (χ1v) is 8.50. The molecule has 0 aliphatic heterocycles. The van der Waals surface area contributed by atoms with Gasteiger partial charge in [0, 0.05) is 43.2 Å². The zero-order chi connectivity index (χ0) is 18.7. The molecule has 3 rings (SSSR count). The van der Waals surface area contributed by atoms with Gasteiger partial charge in [0.15, 0.2) is 0 Å². The van der Waals surface area contributed by atoms with Gasteiger partial charge < -0.3 is 9.73 Å². The predicted molar refractivity (Wildman–Crippen MR) is 103 cm³/mol. The van der Waals surface area contributed by atoms with Crippen molar-refractivity contribution in [3.8, 4) is 0 Å². The molecule has 0 aliphatic carbocycles. The number of carbonyl (C=O) groups is 1. The Bertz CT molecular complexity index is 1010. The summed E-state index contributed by atoms with van der Waals surface area (Å²) in [4.78, 5) is 25.3. The van der Waals surface area contributed by atoms with Crippen molar-refractivity contribution in [3.63, 3.8) is 0 Å². The number of fused-ring (bicyclic) bond motifs is 1. The largest absolute Gasteiger partial charge is 0.423 e. The van der Waals surface area contributed by atoms with Crippen molar-refractivity contribution >= 4 is 22.6 Å². The molecule has 1 amide bonds. The van der Waals surface area contributed by atoms with Crippen LogP contribution >= 0.6 is 0 Å². The summed E-state index contributed by atoms with van der Waals surface area (Å²) in [7, 11) is 2.03. The van der Waals surface area contributed by atoms with Crippen molar-refractivity contribution < 1.29 is 9.21 Å². The normalized spacial score (nSPS) is 11.1. The van der Waals surface area contributed by atoms with Crippen LogP contribution in [0.4, 0.5) is 5.69 Å². The molecule has 5 nitrogen and oxygen atoms in total. The molecule has 2 aromatic carbocycles. The van der Waals surface area contributed by atoms with Crippen LogP contribution in [0.25, 0.3) is 11.0 Å². The Morgan fingerprint density at radius 3 is 2.54 bits per heavy atom.